The zero-order chi connectivity index (χ0) is 50.0. The Morgan fingerprint density at radius 2 is 0.522 bits per heavy atom. The quantitative estimate of drug-likeness (QED) is 0.0262. The first kappa shape index (κ1) is 65.6. The Bertz CT molecular complexity index is 1330. The lowest BCUT2D eigenvalue weighted by Crippen LogP contribution is -2.30. The van der Waals surface area contributed by atoms with E-state index in [2.05, 4.69) is 106 Å². The van der Waals surface area contributed by atoms with Gasteiger partial charge in [0.1, 0.15) is 13.2 Å². The minimum Gasteiger partial charge on any atom is -0.462 e. The van der Waals surface area contributed by atoms with Crippen LogP contribution in [-0.2, 0) is 28.6 Å². The van der Waals surface area contributed by atoms with Crippen molar-refractivity contribution in [3.63, 3.8) is 0 Å². The standard InChI is InChI=1S/C63H108O6/c1-4-7-10-13-16-19-22-25-28-31-34-37-40-43-46-49-52-55-61(64)67-58-60(69-63(66)57-54-51-48-45-42-39-36-33-30-27-24-21-18-15-12-9-6-3)59-68-62(65)56-53-50-47-44-41-38-35-32-29-26-23-20-17-14-11-8-5-2/h16-21,25-30,34,37,60H,4-15,22-24,31-33,35-36,38-59H2,1-3H3/b19-16-,20-17-,21-18-,28-25-,29-26-,30-27-,37-34-/t60-/m1/s1. The van der Waals surface area contributed by atoms with Crippen LogP contribution in [0.25, 0.3) is 0 Å². The molecule has 0 aromatic carbocycles. The van der Waals surface area contributed by atoms with Crippen molar-refractivity contribution in [2.45, 2.75) is 284 Å². The topological polar surface area (TPSA) is 78.9 Å². The predicted molar refractivity (Wildman–Crippen MR) is 297 cm³/mol. The summed E-state index contributed by atoms with van der Waals surface area (Å²) in [5.74, 6) is -0.923. The first-order valence-electron chi connectivity index (χ1n) is 29.1. The van der Waals surface area contributed by atoms with E-state index in [0.717, 1.165) is 109 Å². The second-order valence-corrected chi connectivity index (χ2v) is 19.2. The molecule has 0 N–H and O–H groups in total. The maximum Gasteiger partial charge on any atom is 0.306 e. The number of carbonyl (C=O) groups excluding carboxylic acids is 3. The van der Waals surface area contributed by atoms with E-state index in [1.54, 1.807) is 0 Å². The number of ether oxygens (including phenoxy) is 3. The molecule has 0 heterocycles. The van der Waals surface area contributed by atoms with Crippen molar-refractivity contribution in [2.75, 3.05) is 13.2 Å². The molecule has 0 fully saturated rings. The van der Waals surface area contributed by atoms with Crippen LogP contribution in [0, 0.1) is 0 Å². The Hall–Kier alpha value is -3.41. The van der Waals surface area contributed by atoms with Crippen LogP contribution < -0.4 is 0 Å². The largest absolute Gasteiger partial charge is 0.462 e. The molecule has 69 heavy (non-hydrogen) atoms. The Kier molecular flexibility index (Phi) is 54.3. The molecule has 0 aliphatic carbocycles. The van der Waals surface area contributed by atoms with Gasteiger partial charge in [-0.3, -0.25) is 14.4 Å². The molecule has 6 nitrogen and oxygen atoms in total. The van der Waals surface area contributed by atoms with E-state index in [1.807, 2.05) is 0 Å². The molecule has 0 saturated carbocycles. The summed E-state index contributed by atoms with van der Waals surface area (Å²) in [4.78, 5) is 38.2. The fraction of sp³-hybridized carbons (Fsp3) is 0.730. The first-order valence-corrected chi connectivity index (χ1v) is 29.1. The van der Waals surface area contributed by atoms with Crippen molar-refractivity contribution >= 4 is 17.9 Å². The summed E-state index contributed by atoms with van der Waals surface area (Å²) in [6.07, 6.45) is 74.2. The molecule has 0 aliphatic heterocycles. The fourth-order valence-electron chi connectivity index (χ4n) is 7.92. The highest BCUT2D eigenvalue weighted by Gasteiger charge is 2.19. The third kappa shape index (κ3) is 55.4. The molecular weight excluding hydrogens is 853 g/mol. The summed E-state index contributed by atoms with van der Waals surface area (Å²) < 4.78 is 16.9. The summed E-state index contributed by atoms with van der Waals surface area (Å²) in [6.45, 7) is 6.54. The third-order valence-electron chi connectivity index (χ3n) is 12.3. The molecule has 396 valence electrons. The average molecular weight is 962 g/mol. The van der Waals surface area contributed by atoms with Crippen LogP contribution in [-0.4, -0.2) is 37.2 Å². The highest BCUT2D eigenvalue weighted by atomic mass is 16.6. The molecule has 0 saturated heterocycles. The number of hydrogen-bond acceptors (Lipinski definition) is 6. The zero-order valence-electron chi connectivity index (χ0n) is 45.3. The molecular formula is C63H108O6. The smallest absolute Gasteiger partial charge is 0.306 e. The van der Waals surface area contributed by atoms with Gasteiger partial charge in [-0.05, 0) is 122 Å². The lowest BCUT2D eigenvalue weighted by molar-refractivity contribution is -0.167. The highest BCUT2D eigenvalue weighted by molar-refractivity contribution is 5.71. The van der Waals surface area contributed by atoms with Crippen LogP contribution in [0.2, 0.25) is 0 Å². The fourth-order valence-corrected chi connectivity index (χ4v) is 7.92. The summed E-state index contributed by atoms with van der Waals surface area (Å²) >= 11 is 0. The van der Waals surface area contributed by atoms with Gasteiger partial charge in [0.2, 0.25) is 0 Å². The van der Waals surface area contributed by atoms with Gasteiger partial charge in [0.05, 0.1) is 0 Å². The van der Waals surface area contributed by atoms with Crippen LogP contribution in [0.4, 0.5) is 0 Å². The van der Waals surface area contributed by atoms with Crippen molar-refractivity contribution in [1.82, 2.24) is 0 Å². The van der Waals surface area contributed by atoms with Crippen molar-refractivity contribution < 1.29 is 28.6 Å². The van der Waals surface area contributed by atoms with Crippen LogP contribution >= 0.6 is 0 Å². The van der Waals surface area contributed by atoms with E-state index >= 15 is 0 Å². The minimum atomic E-state index is -0.795. The van der Waals surface area contributed by atoms with Crippen molar-refractivity contribution in [3.8, 4) is 0 Å². The predicted octanol–water partition coefficient (Wildman–Crippen LogP) is 19.5. The SMILES string of the molecule is CCCCC/C=C\C/C=C\C/C=C\CCCCCCC(=O)OC[C@H](COC(=O)CCCCCCCCC/C=C\C/C=C\CCCCC)OC(=O)CCCCCCCCC/C=C\C/C=C\CCCCC. The second-order valence-electron chi connectivity index (χ2n) is 19.2. The molecule has 0 aromatic rings. The van der Waals surface area contributed by atoms with Gasteiger partial charge in [-0.25, -0.2) is 0 Å². The van der Waals surface area contributed by atoms with Crippen LogP contribution in [0.15, 0.2) is 85.1 Å². The van der Waals surface area contributed by atoms with Crippen molar-refractivity contribution in [2.24, 2.45) is 0 Å². The van der Waals surface area contributed by atoms with E-state index < -0.39 is 6.10 Å². The molecule has 6 heteroatoms. The number of carbonyl (C=O) groups is 3. The van der Waals surface area contributed by atoms with Crippen molar-refractivity contribution in [3.05, 3.63) is 85.1 Å². The molecule has 0 aromatic heterocycles. The monoisotopic (exact) mass is 961 g/mol. The lowest BCUT2D eigenvalue weighted by atomic mass is 10.1. The normalized spacial score (nSPS) is 12.7. The number of unbranched alkanes of at least 4 members (excludes halogenated alkanes) is 27. The van der Waals surface area contributed by atoms with E-state index in [0.29, 0.717) is 19.3 Å². The number of allylic oxidation sites excluding steroid dienone is 14. The Balaban J connectivity index is 4.45. The molecule has 0 radical (unpaired) electrons. The van der Waals surface area contributed by atoms with E-state index in [-0.39, 0.29) is 31.1 Å². The molecule has 0 spiro atoms. The van der Waals surface area contributed by atoms with Gasteiger partial charge in [0.15, 0.2) is 6.10 Å². The number of hydrogen-bond donors (Lipinski definition) is 0. The van der Waals surface area contributed by atoms with E-state index in [1.165, 1.54) is 128 Å². The molecule has 0 rings (SSSR count). The highest BCUT2D eigenvalue weighted by Crippen LogP contribution is 2.14. The molecule has 0 amide bonds. The zero-order valence-corrected chi connectivity index (χ0v) is 45.3. The summed E-state index contributed by atoms with van der Waals surface area (Å²) in [6, 6.07) is 0. The van der Waals surface area contributed by atoms with Gasteiger partial charge in [-0.15, -0.1) is 0 Å². The van der Waals surface area contributed by atoms with Crippen molar-refractivity contribution in [1.29, 1.82) is 0 Å². The van der Waals surface area contributed by atoms with Gasteiger partial charge in [0, 0.05) is 19.3 Å². The summed E-state index contributed by atoms with van der Waals surface area (Å²) in [5.41, 5.74) is 0. The maximum atomic E-state index is 12.9. The first-order chi connectivity index (χ1) is 34.0. The minimum absolute atomic E-state index is 0.0913. The Morgan fingerprint density at radius 3 is 0.812 bits per heavy atom. The summed E-state index contributed by atoms with van der Waals surface area (Å²) in [5, 5.41) is 0. The van der Waals surface area contributed by atoms with Gasteiger partial charge in [-0.2, -0.15) is 0 Å². The van der Waals surface area contributed by atoms with Crippen LogP contribution in [0.5, 0.6) is 0 Å². The number of esters is 3. The third-order valence-corrected chi connectivity index (χ3v) is 12.3. The molecule has 0 aliphatic rings. The number of rotatable bonds is 52. The van der Waals surface area contributed by atoms with E-state index in [4.69, 9.17) is 14.2 Å². The van der Waals surface area contributed by atoms with E-state index in [9.17, 15) is 14.4 Å². The second kappa shape index (κ2) is 57.2. The lowest BCUT2D eigenvalue weighted by Gasteiger charge is -2.18. The van der Waals surface area contributed by atoms with Crippen LogP contribution in [0.1, 0.15) is 278 Å². The molecule has 1 atom stereocenters. The summed E-state index contributed by atoms with van der Waals surface area (Å²) in [7, 11) is 0. The van der Waals surface area contributed by atoms with Gasteiger partial charge < -0.3 is 14.2 Å². The molecule has 0 unspecified atom stereocenters. The van der Waals surface area contributed by atoms with Gasteiger partial charge in [-0.1, -0.05) is 221 Å². The Morgan fingerprint density at radius 1 is 0.290 bits per heavy atom. The maximum absolute atomic E-state index is 12.9. The van der Waals surface area contributed by atoms with Gasteiger partial charge >= 0.3 is 17.9 Å². The molecule has 0 bridgehead atoms. The average Bonchev–Trinajstić information content (AvgIpc) is 3.35. The van der Waals surface area contributed by atoms with Gasteiger partial charge in [0.25, 0.3) is 0 Å². The Labute approximate surface area is 426 Å². The van der Waals surface area contributed by atoms with Crippen LogP contribution in [0.3, 0.4) is 0 Å².